The minimum atomic E-state index is -1.57. The number of fused-ring (bicyclic) bond motifs is 7. The van der Waals surface area contributed by atoms with Gasteiger partial charge >= 0.3 is 5.97 Å². The number of carboxylic acids is 1. The Hall–Kier alpha value is -1.11. The zero-order valence-electron chi connectivity index (χ0n) is 28.5. The SMILES string of the molecule is CC1(C)C[C@@H]2C3=CC[C@H]4[C@@]5(C)CC[C@@H](O)[C@](C)(CO)C5CC[C@@]4(C)[C@]3(C)CC[C@@]2(C(=O)O)C[C@H]1O[C@@H]1O[C@H](CO)[C@@H](O)[C@H](O)[C@H]1O. The van der Waals surface area contributed by atoms with E-state index in [1.165, 1.54) is 5.57 Å². The third-order valence-corrected chi connectivity index (χ3v) is 15.5. The van der Waals surface area contributed by atoms with Crippen LogP contribution in [0.3, 0.4) is 0 Å². The number of aliphatic hydroxyl groups excluding tert-OH is 6. The van der Waals surface area contributed by atoms with Gasteiger partial charge in [-0.05, 0) is 97.2 Å². The normalized spacial score (nSPS) is 54.8. The Labute approximate surface area is 273 Å². The maximum absolute atomic E-state index is 13.4. The molecule has 7 N–H and O–H groups in total. The van der Waals surface area contributed by atoms with Crippen LogP contribution in [0.5, 0.6) is 0 Å². The molecule has 262 valence electrons. The quantitative estimate of drug-likeness (QED) is 0.173. The number of carboxylic acid groups (broad SMARTS) is 1. The molecule has 10 heteroatoms. The molecule has 5 fully saturated rings. The summed E-state index contributed by atoms with van der Waals surface area (Å²) in [5.74, 6) is -0.489. The van der Waals surface area contributed by atoms with Gasteiger partial charge in [-0.3, -0.25) is 4.79 Å². The highest BCUT2D eigenvalue weighted by atomic mass is 16.7. The van der Waals surface area contributed by atoms with Gasteiger partial charge in [0.05, 0.1) is 30.8 Å². The molecule has 0 amide bonds. The summed E-state index contributed by atoms with van der Waals surface area (Å²) in [7, 11) is 0. The Kier molecular flexibility index (Phi) is 8.46. The predicted octanol–water partition coefficient (Wildman–Crippen LogP) is 3.00. The van der Waals surface area contributed by atoms with Crippen molar-refractivity contribution >= 4 is 5.97 Å². The van der Waals surface area contributed by atoms with Gasteiger partial charge in [-0.25, -0.2) is 0 Å². The number of rotatable bonds is 5. The smallest absolute Gasteiger partial charge is 0.310 e. The maximum atomic E-state index is 13.4. The van der Waals surface area contributed by atoms with Gasteiger partial charge < -0.3 is 45.2 Å². The summed E-state index contributed by atoms with van der Waals surface area (Å²) in [6.45, 7) is 12.8. The van der Waals surface area contributed by atoms with Crippen LogP contribution >= 0.6 is 0 Å². The molecule has 46 heavy (non-hydrogen) atoms. The van der Waals surface area contributed by atoms with Gasteiger partial charge in [0.1, 0.15) is 24.4 Å². The van der Waals surface area contributed by atoms with Crippen molar-refractivity contribution in [3.05, 3.63) is 11.6 Å². The Bertz CT molecular complexity index is 1240. The van der Waals surface area contributed by atoms with Crippen molar-refractivity contribution in [1.82, 2.24) is 0 Å². The van der Waals surface area contributed by atoms with E-state index in [0.29, 0.717) is 25.2 Å². The van der Waals surface area contributed by atoms with Crippen LogP contribution in [0.15, 0.2) is 11.6 Å². The molecule has 15 atom stereocenters. The van der Waals surface area contributed by atoms with E-state index in [1.807, 2.05) is 0 Å². The molecule has 4 saturated carbocycles. The molecule has 5 aliphatic carbocycles. The number of ether oxygens (including phenoxy) is 2. The largest absolute Gasteiger partial charge is 0.481 e. The molecule has 0 spiro atoms. The van der Waals surface area contributed by atoms with Crippen LogP contribution in [0.4, 0.5) is 0 Å². The number of aliphatic hydroxyl groups is 6. The van der Waals surface area contributed by atoms with Crippen molar-refractivity contribution in [3.8, 4) is 0 Å². The Morgan fingerprint density at radius 3 is 2.22 bits per heavy atom. The van der Waals surface area contributed by atoms with Crippen molar-refractivity contribution in [2.45, 2.75) is 142 Å². The third-order valence-electron chi connectivity index (χ3n) is 15.5. The lowest BCUT2D eigenvalue weighted by molar-refractivity contribution is -0.325. The summed E-state index contributed by atoms with van der Waals surface area (Å²) < 4.78 is 12.0. The second-order valence-electron chi connectivity index (χ2n) is 17.7. The standard InChI is InChI=1S/C36H58O10/c1-31(2)15-20-19-7-8-23-32(3)11-10-24(39)33(4,18-38)22(32)9-12-35(23,6)34(19,5)13-14-36(20,30(43)44)16-25(31)46-29-28(42)27(41)26(40)21(17-37)45-29/h7,20-29,37-42H,8-18H2,1-6H3,(H,43,44)/t20-,21-,22?,23+,24-,25-,26-,27+,28-,29+,32+,33-,34-,35-,36-/m1/s1. The average Bonchev–Trinajstić information content (AvgIpc) is 3.00. The first kappa shape index (κ1) is 34.7. The van der Waals surface area contributed by atoms with E-state index in [1.54, 1.807) is 0 Å². The molecule has 1 heterocycles. The first-order chi connectivity index (χ1) is 21.4. The third kappa shape index (κ3) is 4.53. The lowest BCUT2D eigenvalue weighted by Gasteiger charge is -2.71. The fourth-order valence-electron chi connectivity index (χ4n) is 12.2. The van der Waals surface area contributed by atoms with Crippen molar-refractivity contribution < 1.29 is 50.0 Å². The summed E-state index contributed by atoms with van der Waals surface area (Å²) in [6, 6.07) is 0. The van der Waals surface area contributed by atoms with Gasteiger partial charge in [0.15, 0.2) is 6.29 Å². The number of allylic oxidation sites excluding steroid dienone is 2. The summed E-state index contributed by atoms with van der Waals surface area (Å²) in [5.41, 5.74) is -1.19. The van der Waals surface area contributed by atoms with Crippen LogP contribution in [0.2, 0.25) is 0 Å². The topological polar surface area (TPSA) is 177 Å². The highest BCUT2D eigenvalue weighted by molar-refractivity contribution is 5.77. The molecule has 1 saturated heterocycles. The second-order valence-corrected chi connectivity index (χ2v) is 17.7. The lowest BCUT2D eigenvalue weighted by Crippen LogP contribution is -2.66. The first-order valence-electron chi connectivity index (χ1n) is 17.5. The Morgan fingerprint density at radius 2 is 1.59 bits per heavy atom. The van der Waals surface area contributed by atoms with Crippen LogP contribution in [0.25, 0.3) is 0 Å². The maximum Gasteiger partial charge on any atom is 0.310 e. The van der Waals surface area contributed by atoms with Gasteiger partial charge in [0.2, 0.25) is 0 Å². The van der Waals surface area contributed by atoms with Gasteiger partial charge in [-0.15, -0.1) is 0 Å². The minimum absolute atomic E-state index is 0.0269. The fourth-order valence-corrected chi connectivity index (χ4v) is 12.2. The van der Waals surface area contributed by atoms with Gasteiger partial charge in [-0.1, -0.05) is 53.2 Å². The molecule has 6 aliphatic rings. The monoisotopic (exact) mass is 650 g/mol. The minimum Gasteiger partial charge on any atom is -0.481 e. The van der Waals surface area contributed by atoms with E-state index in [0.717, 1.165) is 32.1 Å². The van der Waals surface area contributed by atoms with E-state index in [4.69, 9.17) is 9.47 Å². The molecule has 0 aromatic heterocycles. The zero-order valence-corrected chi connectivity index (χ0v) is 28.5. The molecule has 0 aromatic rings. The molecule has 6 rings (SSSR count). The predicted molar refractivity (Wildman–Crippen MR) is 168 cm³/mol. The molecule has 0 radical (unpaired) electrons. The Balaban J connectivity index is 1.33. The number of hydrogen-bond acceptors (Lipinski definition) is 9. The molecular formula is C36H58O10. The van der Waals surface area contributed by atoms with Crippen molar-refractivity contribution in [2.75, 3.05) is 13.2 Å². The van der Waals surface area contributed by atoms with Crippen molar-refractivity contribution in [1.29, 1.82) is 0 Å². The number of hydrogen-bond donors (Lipinski definition) is 7. The average molecular weight is 651 g/mol. The van der Waals surface area contributed by atoms with Crippen LogP contribution in [0.1, 0.15) is 99.3 Å². The van der Waals surface area contributed by atoms with E-state index >= 15 is 0 Å². The summed E-state index contributed by atoms with van der Waals surface area (Å²) in [6.07, 6.45) is 0.536. The van der Waals surface area contributed by atoms with Gasteiger partial charge in [-0.2, -0.15) is 0 Å². The molecule has 1 unspecified atom stereocenters. The van der Waals surface area contributed by atoms with E-state index in [2.05, 4.69) is 47.6 Å². The number of carbonyl (C=O) groups is 1. The molecule has 1 aliphatic heterocycles. The van der Waals surface area contributed by atoms with Crippen LogP contribution in [-0.4, -0.2) is 97.8 Å². The number of aliphatic carboxylic acids is 1. The molecular weight excluding hydrogens is 592 g/mol. The van der Waals surface area contributed by atoms with E-state index < -0.39 is 71.7 Å². The fraction of sp³-hybridized carbons (Fsp3) is 0.917. The molecule has 10 nitrogen and oxygen atoms in total. The van der Waals surface area contributed by atoms with Gasteiger partial charge in [0.25, 0.3) is 0 Å². The zero-order chi connectivity index (χ0) is 33.8. The summed E-state index contributed by atoms with van der Waals surface area (Å²) in [4.78, 5) is 13.4. The first-order valence-corrected chi connectivity index (χ1v) is 17.5. The molecule has 0 aromatic carbocycles. The van der Waals surface area contributed by atoms with Crippen molar-refractivity contribution in [2.24, 2.45) is 50.2 Å². The van der Waals surface area contributed by atoms with E-state index in [9.17, 15) is 40.5 Å². The molecule has 0 bridgehead atoms. The van der Waals surface area contributed by atoms with Crippen LogP contribution in [-0.2, 0) is 14.3 Å². The van der Waals surface area contributed by atoms with Crippen LogP contribution < -0.4 is 0 Å². The lowest BCUT2D eigenvalue weighted by atomic mass is 9.33. The highest BCUT2D eigenvalue weighted by Crippen LogP contribution is 2.76. The van der Waals surface area contributed by atoms with Gasteiger partial charge in [0, 0.05) is 5.41 Å². The highest BCUT2D eigenvalue weighted by Gasteiger charge is 2.70. The second kappa shape index (κ2) is 11.2. The Morgan fingerprint density at radius 1 is 0.891 bits per heavy atom. The van der Waals surface area contributed by atoms with Crippen molar-refractivity contribution in [3.63, 3.8) is 0 Å². The summed E-state index contributed by atoms with van der Waals surface area (Å²) >= 11 is 0. The summed E-state index contributed by atoms with van der Waals surface area (Å²) in [5, 5.41) is 73.6. The van der Waals surface area contributed by atoms with Crippen LogP contribution in [0, 0.1) is 50.2 Å². The van der Waals surface area contributed by atoms with E-state index in [-0.39, 0.29) is 41.1 Å².